The van der Waals surface area contributed by atoms with Crippen molar-refractivity contribution in [2.24, 2.45) is 0 Å². The summed E-state index contributed by atoms with van der Waals surface area (Å²) >= 11 is 0. The summed E-state index contributed by atoms with van der Waals surface area (Å²) in [7, 11) is -2.76. The maximum Gasteiger partial charge on any atom is 0.162 e. The van der Waals surface area contributed by atoms with Gasteiger partial charge in [0.05, 0.1) is 20.2 Å². The van der Waals surface area contributed by atoms with E-state index in [1.807, 2.05) is 12.1 Å². The van der Waals surface area contributed by atoms with Crippen LogP contribution in [0.5, 0.6) is 0 Å². The summed E-state index contributed by atoms with van der Waals surface area (Å²) in [6, 6.07) is 5.38. The Hall–Kier alpha value is -2.48. The van der Waals surface area contributed by atoms with Crippen LogP contribution in [0.3, 0.4) is 0 Å². The number of aromatic nitrogens is 4. The Kier molecular flexibility index (Phi) is 2.77. The molecular weight excluding hydrogens is 312 g/mol. The molecule has 0 radical (unpaired) electrons. The molecule has 0 unspecified atom stereocenters. The van der Waals surface area contributed by atoms with Gasteiger partial charge in [-0.15, -0.1) is 0 Å². The van der Waals surface area contributed by atoms with Gasteiger partial charge >= 0.3 is 0 Å². The molecule has 4 N–H and O–H groups in total. The number of fused-ring (bicyclic) bond motifs is 1. The minimum Gasteiger partial charge on any atom is -0.384 e. The van der Waals surface area contributed by atoms with Crippen molar-refractivity contribution in [2.75, 3.05) is 12.0 Å². The van der Waals surface area contributed by atoms with Crippen molar-refractivity contribution >= 4 is 26.6 Å². The Bertz CT molecular complexity index is 1020. The molecule has 0 saturated heterocycles. The van der Waals surface area contributed by atoms with E-state index in [-0.39, 0.29) is 0 Å². The first-order valence-electron chi connectivity index (χ1n) is 7.22. The van der Waals surface area contributed by atoms with Crippen LogP contribution >= 0.6 is 0 Å². The molecule has 0 spiro atoms. The molecular formula is C15H16N6OS. The van der Waals surface area contributed by atoms with Crippen molar-refractivity contribution in [3.63, 3.8) is 0 Å². The molecule has 3 heterocycles. The molecule has 118 valence electrons. The second-order valence-corrected chi connectivity index (χ2v) is 8.41. The van der Waals surface area contributed by atoms with Gasteiger partial charge in [-0.3, -0.25) is 4.78 Å². The van der Waals surface area contributed by atoms with Gasteiger partial charge in [0.2, 0.25) is 0 Å². The number of hydrogen-bond donors (Lipinski definition) is 3. The van der Waals surface area contributed by atoms with E-state index in [1.54, 1.807) is 18.5 Å². The molecule has 4 rings (SSSR count). The van der Waals surface area contributed by atoms with Gasteiger partial charge in [-0.1, -0.05) is 0 Å². The molecule has 1 aliphatic rings. The van der Waals surface area contributed by atoms with Crippen LogP contribution in [-0.2, 0) is 14.5 Å². The van der Waals surface area contributed by atoms with Crippen molar-refractivity contribution in [3.8, 4) is 11.4 Å². The summed E-state index contributed by atoms with van der Waals surface area (Å²) < 4.78 is 19.7. The van der Waals surface area contributed by atoms with Crippen LogP contribution in [0.2, 0.25) is 0 Å². The van der Waals surface area contributed by atoms with Crippen LogP contribution in [0, 0.1) is 4.78 Å². The lowest BCUT2D eigenvalue weighted by molar-refractivity contribution is 0.663. The van der Waals surface area contributed by atoms with Gasteiger partial charge in [0.1, 0.15) is 11.5 Å². The van der Waals surface area contributed by atoms with E-state index in [2.05, 4.69) is 19.9 Å². The van der Waals surface area contributed by atoms with Crippen LogP contribution in [0.1, 0.15) is 18.5 Å². The summed E-state index contributed by atoms with van der Waals surface area (Å²) in [5.41, 5.74) is 8.11. The molecule has 0 bridgehead atoms. The largest absolute Gasteiger partial charge is 0.384 e. The van der Waals surface area contributed by atoms with Crippen molar-refractivity contribution in [1.29, 1.82) is 4.78 Å². The molecule has 23 heavy (non-hydrogen) atoms. The van der Waals surface area contributed by atoms with E-state index < -0.39 is 14.5 Å². The fraction of sp³-hybridized carbons (Fsp3) is 0.267. The number of aromatic amines is 1. The van der Waals surface area contributed by atoms with Gasteiger partial charge in [-0.25, -0.2) is 19.2 Å². The third kappa shape index (κ3) is 2.09. The first kappa shape index (κ1) is 14.1. The zero-order valence-electron chi connectivity index (χ0n) is 12.5. The number of nitrogens with zero attached hydrogens (tertiary/aromatic N) is 3. The highest BCUT2D eigenvalue weighted by molar-refractivity contribution is 7.92. The van der Waals surface area contributed by atoms with Crippen LogP contribution in [0.4, 0.5) is 5.82 Å². The third-order valence-corrected chi connectivity index (χ3v) is 6.47. The zero-order valence-corrected chi connectivity index (χ0v) is 13.4. The quantitative estimate of drug-likeness (QED) is 0.681. The topological polar surface area (TPSA) is 121 Å². The number of nitrogens with two attached hydrogens (primary N) is 1. The molecule has 7 nitrogen and oxygen atoms in total. The molecule has 3 aromatic rings. The van der Waals surface area contributed by atoms with Gasteiger partial charge in [0, 0.05) is 35.7 Å². The van der Waals surface area contributed by atoms with Gasteiger partial charge < -0.3 is 10.7 Å². The molecule has 1 fully saturated rings. The molecule has 1 aliphatic carbocycles. The lowest BCUT2D eigenvalue weighted by Gasteiger charge is -2.16. The van der Waals surface area contributed by atoms with Crippen LogP contribution in [0.15, 0.2) is 30.6 Å². The number of rotatable bonds is 3. The van der Waals surface area contributed by atoms with Crippen molar-refractivity contribution in [3.05, 3.63) is 36.3 Å². The number of hydrogen-bond acceptors (Lipinski definition) is 6. The SMILES string of the molecule is C[S@@](=N)(=O)C1(c2cc(N)nc(-c3ccnc4[nH]ccc34)n2)CC1. The van der Waals surface area contributed by atoms with E-state index in [4.69, 9.17) is 10.5 Å². The number of anilines is 1. The van der Waals surface area contributed by atoms with Crippen molar-refractivity contribution in [2.45, 2.75) is 17.6 Å². The Morgan fingerprint density at radius 3 is 2.83 bits per heavy atom. The lowest BCUT2D eigenvalue weighted by Crippen LogP contribution is -2.20. The molecule has 1 atom stereocenters. The summed E-state index contributed by atoms with van der Waals surface area (Å²) in [6.45, 7) is 0. The Labute approximate surface area is 133 Å². The number of nitrogens with one attached hydrogen (secondary N) is 2. The van der Waals surface area contributed by atoms with Gasteiger partial charge in [0.25, 0.3) is 0 Å². The Morgan fingerprint density at radius 2 is 2.13 bits per heavy atom. The summed E-state index contributed by atoms with van der Waals surface area (Å²) in [5.74, 6) is 0.794. The molecule has 0 aromatic carbocycles. The average Bonchev–Trinajstić information content (AvgIpc) is 3.18. The maximum absolute atomic E-state index is 12.4. The van der Waals surface area contributed by atoms with E-state index in [9.17, 15) is 4.21 Å². The van der Waals surface area contributed by atoms with Crippen molar-refractivity contribution in [1.82, 2.24) is 19.9 Å². The smallest absolute Gasteiger partial charge is 0.162 e. The molecule has 0 amide bonds. The normalized spacial score (nSPS) is 18.7. The van der Waals surface area contributed by atoms with E-state index in [0.29, 0.717) is 30.2 Å². The predicted octanol–water partition coefficient (Wildman–Crippen LogP) is 2.27. The highest BCUT2D eigenvalue weighted by atomic mass is 32.2. The fourth-order valence-electron chi connectivity index (χ4n) is 2.93. The van der Waals surface area contributed by atoms with Crippen LogP contribution in [0.25, 0.3) is 22.4 Å². The number of nitrogen functional groups attached to an aromatic ring is 1. The lowest BCUT2D eigenvalue weighted by atomic mass is 10.1. The summed E-state index contributed by atoms with van der Waals surface area (Å²) in [5, 5.41) is 0.900. The minimum absolute atomic E-state index is 0.320. The van der Waals surface area contributed by atoms with Gasteiger partial charge in [0.15, 0.2) is 5.82 Å². The second-order valence-electron chi connectivity index (χ2n) is 5.94. The average molecular weight is 328 g/mol. The van der Waals surface area contributed by atoms with E-state index in [1.165, 1.54) is 6.26 Å². The minimum atomic E-state index is -2.76. The molecule has 1 saturated carbocycles. The van der Waals surface area contributed by atoms with Crippen molar-refractivity contribution < 1.29 is 4.21 Å². The fourth-order valence-corrected chi connectivity index (χ4v) is 4.32. The van der Waals surface area contributed by atoms with E-state index >= 15 is 0 Å². The predicted molar refractivity (Wildman–Crippen MR) is 89.2 cm³/mol. The van der Waals surface area contributed by atoms with Gasteiger partial charge in [-0.05, 0) is 25.0 Å². The maximum atomic E-state index is 12.4. The van der Waals surface area contributed by atoms with Crippen LogP contribution in [-0.4, -0.2) is 30.4 Å². The Balaban J connectivity index is 1.94. The molecule has 0 aliphatic heterocycles. The third-order valence-electron chi connectivity index (χ3n) is 4.36. The second kappa shape index (κ2) is 4.51. The first-order chi connectivity index (χ1) is 10.9. The standard InChI is InChI=1S/C15H16N6OS/c1-23(17,22)15(4-5-15)11-8-12(16)21-14(20-11)10-3-7-19-13-9(10)2-6-18-13/h2-3,6-8,17H,4-5H2,1H3,(H,18,19)(H2,16,20,21)/t23-/m1/s1. The zero-order chi connectivity index (χ0) is 16.2. The van der Waals surface area contributed by atoms with E-state index in [0.717, 1.165) is 16.6 Å². The number of H-pyrrole nitrogens is 1. The first-order valence-corrected chi connectivity index (χ1v) is 9.18. The highest BCUT2D eigenvalue weighted by Crippen LogP contribution is 2.52. The number of pyridine rings is 1. The summed E-state index contributed by atoms with van der Waals surface area (Å²) in [4.78, 5) is 16.2. The molecule has 8 heteroatoms. The van der Waals surface area contributed by atoms with Gasteiger partial charge in [-0.2, -0.15) is 0 Å². The summed E-state index contributed by atoms with van der Waals surface area (Å²) in [6.07, 6.45) is 6.34. The Morgan fingerprint density at radius 1 is 1.35 bits per heavy atom. The molecule has 3 aromatic heterocycles. The monoisotopic (exact) mass is 328 g/mol. The van der Waals surface area contributed by atoms with Crippen LogP contribution < -0.4 is 5.73 Å². The highest BCUT2D eigenvalue weighted by Gasteiger charge is 2.52.